The Morgan fingerprint density at radius 1 is 0.590 bits per heavy atom. The molecule has 0 N–H and O–H groups in total. The molecule has 0 aliphatic carbocycles. The average Bonchev–Trinajstić information content (AvgIpc) is 2.96. The van der Waals surface area contributed by atoms with Crippen LogP contribution in [0.5, 0.6) is 11.5 Å². The van der Waals surface area contributed by atoms with E-state index in [0.717, 1.165) is 67.8 Å². The van der Waals surface area contributed by atoms with E-state index in [1.807, 2.05) is 36.4 Å². The number of thioether (sulfide) groups is 1. The first-order valence-corrected chi connectivity index (χ1v) is 14.1. The Balaban J connectivity index is 1.58. The second-order valence-electron chi connectivity index (χ2n) is 8.65. The van der Waals surface area contributed by atoms with Crippen LogP contribution in [-0.4, -0.2) is 43.5 Å². The van der Waals surface area contributed by atoms with E-state index in [9.17, 15) is 14.4 Å². The van der Waals surface area contributed by atoms with Crippen molar-refractivity contribution in [1.29, 1.82) is 0 Å². The zero-order chi connectivity index (χ0) is 28.1. The second-order valence-corrected chi connectivity index (χ2v) is 9.70. The number of hydrogen-bond acceptors (Lipinski definition) is 8. The molecule has 8 heteroatoms. The molecule has 0 aromatic heterocycles. The van der Waals surface area contributed by atoms with Gasteiger partial charge in [0.15, 0.2) is 0 Å². The summed E-state index contributed by atoms with van der Waals surface area (Å²) in [7, 11) is 0. The van der Waals surface area contributed by atoms with E-state index in [4.69, 9.17) is 18.9 Å². The minimum Gasteiger partial charge on any atom is -0.494 e. The second kappa shape index (κ2) is 19.5. The van der Waals surface area contributed by atoms with Gasteiger partial charge in [-0.1, -0.05) is 13.2 Å². The Hall–Kier alpha value is -3.52. The largest absolute Gasteiger partial charge is 0.494 e. The molecule has 0 heterocycles. The van der Waals surface area contributed by atoms with Crippen molar-refractivity contribution in [1.82, 2.24) is 0 Å². The summed E-state index contributed by atoms with van der Waals surface area (Å²) in [6, 6.07) is 14.7. The number of esters is 2. The first-order valence-electron chi connectivity index (χ1n) is 13.3. The normalized spacial score (nSPS) is 10.4. The van der Waals surface area contributed by atoms with Gasteiger partial charge < -0.3 is 18.9 Å². The third kappa shape index (κ3) is 14.3. The lowest BCUT2D eigenvalue weighted by atomic mass is 10.2. The average molecular weight is 555 g/mol. The van der Waals surface area contributed by atoms with Crippen LogP contribution in [0.15, 0.2) is 78.7 Å². The molecule has 0 aliphatic heterocycles. The van der Waals surface area contributed by atoms with Gasteiger partial charge in [0.1, 0.15) is 11.5 Å². The molecule has 0 saturated heterocycles. The number of hydrogen-bond donors (Lipinski definition) is 0. The van der Waals surface area contributed by atoms with Gasteiger partial charge in [0.05, 0.1) is 26.4 Å². The first kappa shape index (κ1) is 31.7. The topological polar surface area (TPSA) is 88.1 Å². The zero-order valence-corrected chi connectivity index (χ0v) is 23.3. The molecule has 0 aliphatic rings. The van der Waals surface area contributed by atoms with Crippen LogP contribution in [-0.2, 0) is 19.1 Å². The van der Waals surface area contributed by atoms with Gasteiger partial charge in [0.25, 0.3) is 0 Å². The van der Waals surface area contributed by atoms with E-state index in [-0.39, 0.29) is 17.1 Å². The lowest BCUT2D eigenvalue weighted by molar-refractivity contribution is -0.138. The van der Waals surface area contributed by atoms with Crippen LogP contribution in [0, 0.1) is 0 Å². The highest BCUT2D eigenvalue weighted by molar-refractivity contribution is 8.14. The maximum Gasteiger partial charge on any atom is 0.330 e. The molecule has 39 heavy (non-hydrogen) atoms. The third-order valence-corrected chi connectivity index (χ3v) is 6.49. The predicted molar refractivity (Wildman–Crippen MR) is 153 cm³/mol. The third-order valence-electron chi connectivity index (χ3n) is 5.56. The van der Waals surface area contributed by atoms with Crippen LogP contribution in [0.2, 0.25) is 0 Å². The molecule has 0 atom stereocenters. The summed E-state index contributed by atoms with van der Waals surface area (Å²) in [6.45, 7) is 8.76. The van der Waals surface area contributed by atoms with Crippen molar-refractivity contribution in [3.63, 3.8) is 0 Å². The van der Waals surface area contributed by atoms with Gasteiger partial charge >= 0.3 is 11.9 Å². The molecule has 0 fully saturated rings. The molecule has 2 aromatic rings. The van der Waals surface area contributed by atoms with E-state index in [1.54, 1.807) is 12.1 Å². The molecule has 0 bridgehead atoms. The monoisotopic (exact) mass is 554 g/mol. The number of ether oxygens (including phenoxy) is 4. The van der Waals surface area contributed by atoms with Crippen molar-refractivity contribution >= 4 is 28.8 Å². The molecule has 0 radical (unpaired) electrons. The van der Waals surface area contributed by atoms with Gasteiger partial charge in [-0.3, -0.25) is 4.79 Å². The SMILES string of the molecule is C=CC(=O)OCCCCCCOc1ccc(SC(=O)c2ccc(OCCCCCCOC(=O)C=C)cc2)cc1. The van der Waals surface area contributed by atoms with Crippen molar-refractivity contribution in [3.05, 3.63) is 79.4 Å². The molecular formula is C31H38O7S. The molecule has 0 spiro atoms. The number of carbonyl (C=O) groups is 3. The summed E-state index contributed by atoms with van der Waals surface area (Å²) in [5, 5.41) is -0.0360. The molecular weight excluding hydrogens is 516 g/mol. The lowest BCUT2D eigenvalue weighted by Crippen LogP contribution is -2.02. The van der Waals surface area contributed by atoms with Crippen molar-refractivity contribution in [2.45, 2.75) is 56.3 Å². The molecule has 210 valence electrons. The Bertz CT molecular complexity index is 1030. The van der Waals surface area contributed by atoms with Crippen molar-refractivity contribution < 1.29 is 33.3 Å². The van der Waals surface area contributed by atoms with Crippen molar-refractivity contribution in [2.24, 2.45) is 0 Å². The van der Waals surface area contributed by atoms with E-state index in [1.165, 1.54) is 23.9 Å². The Morgan fingerprint density at radius 3 is 1.44 bits per heavy atom. The van der Waals surface area contributed by atoms with Crippen LogP contribution in [0.1, 0.15) is 61.7 Å². The van der Waals surface area contributed by atoms with Gasteiger partial charge in [-0.15, -0.1) is 0 Å². The summed E-state index contributed by atoms with van der Waals surface area (Å²) in [4.78, 5) is 35.4. The van der Waals surface area contributed by atoms with Crippen molar-refractivity contribution in [2.75, 3.05) is 26.4 Å². The summed E-state index contributed by atoms with van der Waals surface area (Å²) in [5.74, 6) is 0.731. The molecule has 2 aromatic carbocycles. The molecule has 7 nitrogen and oxygen atoms in total. The van der Waals surface area contributed by atoms with Gasteiger partial charge in [-0.2, -0.15) is 0 Å². The van der Waals surface area contributed by atoms with E-state index in [0.29, 0.717) is 32.0 Å². The van der Waals surface area contributed by atoms with Crippen LogP contribution in [0.4, 0.5) is 0 Å². The fraction of sp³-hybridized carbons (Fsp3) is 0.387. The number of carbonyl (C=O) groups excluding carboxylic acids is 3. The van der Waals surface area contributed by atoms with Crippen molar-refractivity contribution in [3.8, 4) is 11.5 Å². The molecule has 0 saturated carbocycles. The quantitative estimate of drug-likeness (QED) is 0.0751. The van der Waals surface area contributed by atoms with Gasteiger partial charge in [-0.05, 0) is 112 Å². The highest BCUT2D eigenvalue weighted by Crippen LogP contribution is 2.26. The lowest BCUT2D eigenvalue weighted by Gasteiger charge is -2.08. The van der Waals surface area contributed by atoms with Crippen LogP contribution in [0.3, 0.4) is 0 Å². The highest BCUT2D eigenvalue weighted by Gasteiger charge is 2.09. The zero-order valence-electron chi connectivity index (χ0n) is 22.4. The summed E-state index contributed by atoms with van der Waals surface area (Å²) in [6.07, 6.45) is 9.72. The number of unbranched alkanes of at least 4 members (excludes halogenated alkanes) is 6. The fourth-order valence-corrected chi connectivity index (χ4v) is 4.16. The minimum absolute atomic E-state index is 0.0360. The first-order chi connectivity index (χ1) is 19.0. The summed E-state index contributed by atoms with van der Waals surface area (Å²) >= 11 is 1.17. The van der Waals surface area contributed by atoms with E-state index in [2.05, 4.69) is 13.2 Å². The molecule has 2 rings (SSSR count). The Morgan fingerprint density at radius 2 is 1.00 bits per heavy atom. The number of benzene rings is 2. The van der Waals surface area contributed by atoms with E-state index >= 15 is 0 Å². The summed E-state index contributed by atoms with van der Waals surface area (Å²) in [5.41, 5.74) is 0.612. The van der Waals surface area contributed by atoms with Crippen LogP contribution in [0.25, 0.3) is 0 Å². The highest BCUT2D eigenvalue weighted by atomic mass is 32.2. The van der Waals surface area contributed by atoms with Gasteiger partial charge in [0, 0.05) is 22.6 Å². The fourth-order valence-electron chi connectivity index (χ4n) is 3.42. The molecule has 0 unspecified atom stereocenters. The smallest absolute Gasteiger partial charge is 0.330 e. The maximum atomic E-state index is 12.7. The Kier molecular flexibility index (Phi) is 15.9. The Labute approximate surface area is 235 Å². The predicted octanol–water partition coefficient (Wildman–Crippen LogP) is 6.96. The standard InChI is InChI=1S/C31H38O7S/c1-3-29(32)37-23-11-7-5-9-21-35-26-15-13-25(14-16-26)31(34)39-28-19-17-27(18-20-28)36-22-10-6-8-12-24-38-30(33)4-2/h3-4,13-20H,1-2,5-12,21-24H2. The van der Waals surface area contributed by atoms with Crippen LogP contribution < -0.4 is 9.47 Å². The van der Waals surface area contributed by atoms with Gasteiger partial charge in [-0.25, -0.2) is 9.59 Å². The van der Waals surface area contributed by atoms with Gasteiger partial charge in [0.2, 0.25) is 5.12 Å². The summed E-state index contributed by atoms with van der Waals surface area (Å²) < 4.78 is 21.4. The number of rotatable bonds is 20. The maximum absolute atomic E-state index is 12.7. The van der Waals surface area contributed by atoms with E-state index < -0.39 is 0 Å². The molecule has 0 amide bonds. The van der Waals surface area contributed by atoms with Crippen LogP contribution >= 0.6 is 11.8 Å². The minimum atomic E-state index is -0.385.